The molecule has 5 heteroatoms. The highest BCUT2D eigenvalue weighted by molar-refractivity contribution is 7.84. The van der Waals surface area contributed by atoms with Gasteiger partial charge in [-0.25, -0.2) is 4.98 Å². The van der Waals surface area contributed by atoms with Crippen molar-refractivity contribution < 1.29 is 4.21 Å². The molecule has 16 heavy (non-hydrogen) atoms. The number of hydrogen-bond acceptors (Lipinski definition) is 4. The van der Waals surface area contributed by atoms with Gasteiger partial charge in [0.05, 0.1) is 16.6 Å². The number of rotatable bonds is 3. The summed E-state index contributed by atoms with van der Waals surface area (Å²) in [6.45, 7) is 1.94. The van der Waals surface area contributed by atoms with E-state index >= 15 is 0 Å². The highest BCUT2D eigenvalue weighted by atomic mass is 32.2. The lowest BCUT2D eigenvalue weighted by molar-refractivity contribution is 0.682. The molecule has 2 N–H and O–H groups in total. The van der Waals surface area contributed by atoms with E-state index in [0.29, 0.717) is 11.4 Å². The average molecular weight is 252 g/mol. The van der Waals surface area contributed by atoms with Crippen LogP contribution < -0.4 is 5.73 Å². The van der Waals surface area contributed by atoms with Crippen molar-refractivity contribution in [3.63, 3.8) is 0 Å². The number of benzene rings is 1. The van der Waals surface area contributed by atoms with Crippen LogP contribution in [-0.2, 0) is 16.6 Å². The van der Waals surface area contributed by atoms with E-state index < -0.39 is 10.8 Å². The van der Waals surface area contributed by atoms with Gasteiger partial charge in [0.2, 0.25) is 0 Å². The third-order valence-electron chi connectivity index (χ3n) is 2.06. The molecule has 84 valence electrons. The van der Waals surface area contributed by atoms with Crippen molar-refractivity contribution in [1.29, 1.82) is 0 Å². The average Bonchev–Trinajstić information content (AvgIpc) is 2.65. The third kappa shape index (κ3) is 2.68. The van der Waals surface area contributed by atoms with Gasteiger partial charge in [-0.05, 0) is 31.2 Å². The fraction of sp³-hybridized carbons (Fsp3) is 0.182. The van der Waals surface area contributed by atoms with Gasteiger partial charge in [0.15, 0.2) is 0 Å². The fourth-order valence-electron chi connectivity index (χ4n) is 1.28. The van der Waals surface area contributed by atoms with Crippen LogP contribution in [0.15, 0.2) is 34.5 Å². The Labute approximate surface area is 101 Å². The van der Waals surface area contributed by atoms with Crippen molar-refractivity contribution in [3.05, 3.63) is 40.3 Å². The van der Waals surface area contributed by atoms with E-state index in [1.165, 1.54) is 0 Å². The molecule has 0 aliphatic carbocycles. The van der Waals surface area contributed by atoms with E-state index in [1.807, 2.05) is 12.3 Å². The van der Waals surface area contributed by atoms with Gasteiger partial charge in [0, 0.05) is 21.7 Å². The van der Waals surface area contributed by atoms with Crippen molar-refractivity contribution in [2.75, 3.05) is 5.73 Å². The predicted octanol–water partition coefficient (Wildman–Crippen LogP) is 2.34. The van der Waals surface area contributed by atoms with Crippen molar-refractivity contribution in [1.82, 2.24) is 4.98 Å². The number of nitrogens with zero attached hydrogens (tertiary/aromatic N) is 1. The van der Waals surface area contributed by atoms with Crippen molar-refractivity contribution in [3.8, 4) is 0 Å². The molecule has 2 aromatic rings. The van der Waals surface area contributed by atoms with Crippen LogP contribution in [0.25, 0.3) is 0 Å². The summed E-state index contributed by atoms with van der Waals surface area (Å²) >= 11 is 1.55. The summed E-state index contributed by atoms with van der Waals surface area (Å²) in [5.41, 5.74) is 7.24. The molecule has 0 bridgehead atoms. The second-order valence-electron chi connectivity index (χ2n) is 3.44. The number of aromatic nitrogens is 1. The molecular formula is C11H12N2OS2. The van der Waals surface area contributed by atoms with Gasteiger partial charge in [0.1, 0.15) is 5.01 Å². The summed E-state index contributed by atoms with van der Waals surface area (Å²) in [4.78, 5) is 5.09. The zero-order chi connectivity index (χ0) is 11.5. The van der Waals surface area contributed by atoms with Crippen LogP contribution in [0.1, 0.15) is 10.7 Å². The SMILES string of the molecule is Cc1csc(CS(=O)c2ccc(N)cc2)n1. The van der Waals surface area contributed by atoms with Crippen LogP contribution in [0.3, 0.4) is 0 Å². The normalized spacial score (nSPS) is 12.6. The lowest BCUT2D eigenvalue weighted by Crippen LogP contribution is -1.96. The maximum atomic E-state index is 12.0. The summed E-state index contributed by atoms with van der Waals surface area (Å²) in [6.07, 6.45) is 0. The van der Waals surface area contributed by atoms with Crippen LogP contribution in [0.5, 0.6) is 0 Å². The first-order chi connectivity index (χ1) is 7.65. The summed E-state index contributed by atoms with van der Waals surface area (Å²) in [7, 11) is -1.04. The number of nitrogens with two attached hydrogens (primary N) is 1. The minimum Gasteiger partial charge on any atom is -0.399 e. The topological polar surface area (TPSA) is 56.0 Å². The lowest BCUT2D eigenvalue weighted by atomic mass is 10.3. The first-order valence-electron chi connectivity index (χ1n) is 4.80. The number of thiazole rings is 1. The van der Waals surface area contributed by atoms with E-state index in [-0.39, 0.29) is 0 Å². The van der Waals surface area contributed by atoms with Crippen LogP contribution in [-0.4, -0.2) is 9.19 Å². The molecule has 0 spiro atoms. The smallest absolute Gasteiger partial charge is 0.106 e. The quantitative estimate of drug-likeness (QED) is 0.853. The predicted molar refractivity (Wildman–Crippen MR) is 67.8 cm³/mol. The zero-order valence-electron chi connectivity index (χ0n) is 8.84. The molecule has 0 radical (unpaired) electrons. The number of hydrogen-bond donors (Lipinski definition) is 1. The Morgan fingerprint density at radius 1 is 1.38 bits per heavy atom. The maximum absolute atomic E-state index is 12.0. The minimum atomic E-state index is -1.04. The second kappa shape index (κ2) is 4.76. The van der Waals surface area contributed by atoms with Crippen LogP contribution in [0, 0.1) is 6.92 Å². The minimum absolute atomic E-state index is 0.475. The van der Waals surface area contributed by atoms with Gasteiger partial charge >= 0.3 is 0 Å². The van der Waals surface area contributed by atoms with E-state index in [1.54, 1.807) is 35.6 Å². The molecule has 0 aliphatic rings. The Morgan fingerprint density at radius 3 is 2.62 bits per heavy atom. The van der Waals surface area contributed by atoms with Crippen LogP contribution in [0.2, 0.25) is 0 Å². The van der Waals surface area contributed by atoms with Gasteiger partial charge in [-0.2, -0.15) is 0 Å². The Bertz CT molecular complexity index is 505. The van der Waals surface area contributed by atoms with E-state index in [0.717, 1.165) is 15.6 Å². The molecular weight excluding hydrogens is 240 g/mol. The largest absolute Gasteiger partial charge is 0.399 e. The molecule has 1 heterocycles. The molecule has 0 amide bonds. The standard InChI is InChI=1S/C11H12N2OS2/c1-8-6-15-11(13-8)7-16(14)10-4-2-9(12)3-5-10/h2-6H,7,12H2,1H3. The van der Waals surface area contributed by atoms with Gasteiger partial charge in [0.25, 0.3) is 0 Å². The summed E-state index contributed by atoms with van der Waals surface area (Å²) < 4.78 is 12.0. The monoisotopic (exact) mass is 252 g/mol. The first kappa shape index (κ1) is 11.3. The summed E-state index contributed by atoms with van der Waals surface area (Å²) in [6, 6.07) is 7.12. The van der Waals surface area contributed by atoms with E-state index in [4.69, 9.17) is 5.73 Å². The van der Waals surface area contributed by atoms with Crippen molar-refractivity contribution >= 4 is 27.8 Å². The molecule has 0 saturated carbocycles. The van der Waals surface area contributed by atoms with Gasteiger partial charge in [-0.15, -0.1) is 11.3 Å². The summed E-state index contributed by atoms with van der Waals surface area (Å²) in [5.74, 6) is 0.475. The van der Waals surface area contributed by atoms with Gasteiger partial charge < -0.3 is 5.73 Å². The third-order valence-corrected chi connectivity index (χ3v) is 4.55. The first-order valence-corrected chi connectivity index (χ1v) is 7.00. The fourth-order valence-corrected chi connectivity index (χ4v) is 3.33. The van der Waals surface area contributed by atoms with Crippen LogP contribution in [0.4, 0.5) is 5.69 Å². The molecule has 1 unspecified atom stereocenters. The Kier molecular flexibility index (Phi) is 3.36. The maximum Gasteiger partial charge on any atom is 0.106 e. The zero-order valence-corrected chi connectivity index (χ0v) is 10.5. The lowest BCUT2D eigenvalue weighted by Gasteiger charge is -2.00. The van der Waals surface area contributed by atoms with Crippen molar-refractivity contribution in [2.24, 2.45) is 0 Å². The van der Waals surface area contributed by atoms with Crippen LogP contribution >= 0.6 is 11.3 Å². The molecule has 1 aromatic heterocycles. The van der Waals surface area contributed by atoms with Crippen molar-refractivity contribution in [2.45, 2.75) is 17.6 Å². The second-order valence-corrected chi connectivity index (χ2v) is 5.84. The molecule has 1 atom stereocenters. The highest BCUT2D eigenvalue weighted by Crippen LogP contribution is 2.16. The molecule has 0 fully saturated rings. The number of nitrogen functional groups attached to an aromatic ring is 1. The molecule has 0 saturated heterocycles. The molecule has 2 rings (SSSR count). The Morgan fingerprint density at radius 2 is 2.06 bits per heavy atom. The number of anilines is 1. The van der Waals surface area contributed by atoms with E-state index in [2.05, 4.69) is 4.98 Å². The summed E-state index contributed by atoms with van der Waals surface area (Å²) in [5, 5.41) is 2.88. The number of aryl methyl sites for hydroxylation is 1. The molecule has 0 aliphatic heterocycles. The van der Waals surface area contributed by atoms with Gasteiger partial charge in [-0.3, -0.25) is 4.21 Å². The Balaban J connectivity index is 2.11. The molecule has 3 nitrogen and oxygen atoms in total. The Hall–Kier alpha value is -1.20. The van der Waals surface area contributed by atoms with Gasteiger partial charge in [-0.1, -0.05) is 0 Å². The highest BCUT2D eigenvalue weighted by Gasteiger charge is 2.07. The van der Waals surface area contributed by atoms with E-state index in [9.17, 15) is 4.21 Å². The molecule has 1 aromatic carbocycles.